The minimum absolute atomic E-state index is 0.260. The molecule has 1 atom stereocenters. The van der Waals surface area contributed by atoms with Crippen molar-refractivity contribution in [2.45, 2.75) is 32.5 Å². The maximum Gasteiger partial charge on any atom is 0.573 e. The number of alkyl halides is 3. The number of carbonyl (C=O) groups excluding carboxylic acids is 2. The van der Waals surface area contributed by atoms with Crippen molar-refractivity contribution in [2.75, 3.05) is 11.9 Å². The van der Waals surface area contributed by atoms with Gasteiger partial charge >= 0.3 is 12.3 Å². The number of thiophene rings is 1. The minimum atomic E-state index is -4.78. The summed E-state index contributed by atoms with van der Waals surface area (Å²) in [5, 5.41) is 2.44. The molecule has 0 saturated heterocycles. The van der Waals surface area contributed by atoms with Crippen molar-refractivity contribution in [3.63, 3.8) is 0 Å². The normalized spacial score (nSPS) is 16.2. The Balaban J connectivity index is 1.49. The second kappa shape index (κ2) is 8.22. The Hall–Kier alpha value is -2.55. The number of benzene rings is 1. The summed E-state index contributed by atoms with van der Waals surface area (Å²) in [6.07, 6.45) is -1.80. The van der Waals surface area contributed by atoms with Crippen LogP contribution >= 0.6 is 11.3 Å². The van der Waals surface area contributed by atoms with Gasteiger partial charge in [0.2, 0.25) is 0 Å². The monoisotopic (exact) mass is 413 g/mol. The van der Waals surface area contributed by atoms with Crippen LogP contribution in [0.1, 0.15) is 33.5 Å². The quantitative estimate of drug-likeness (QED) is 0.730. The highest BCUT2D eigenvalue weighted by Crippen LogP contribution is 2.32. The standard InChI is InChI=1S/C19H18F3NO4S/c1-11-2-7-15-12(8-11)9-16(28-15)18(25)26-10-17(24)23-13-3-5-14(6-4-13)27-19(20,21)22/h3-6,9,11H,2,7-8,10H2,1H3,(H,23,24)/t11-/m1/s1. The molecule has 3 rings (SSSR count). The lowest BCUT2D eigenvalue weighted by atomic mass is 9.90. The summed E-state index contributed by atoms with van der Waals surface area (Å²) in [5.41, 5.74) is 1.43. The van der Waals surface area contributed by atoms with Gasteiger partial charge in [-0.25, -0.2) is 4.79 Å². The number of hydrogen-bond donors (Lipinski definition) is 1. The molecule has 28 heavy (non-hydrogen) atoms. The maximum atomic E-state index is 12.2. The number of esters is 1. The number of anilines is 1. The van der Waals surface area contributed by atoms with Crippen molar-refractivity contribution in [1.29, 1.82) is 0 Å². The predicted molar refractivity (Wildman–Crippen MR) is 97.5 cm³/mol. The highest BCUT2D eigenvalue weighted by molar-refractivity contribution is 7.14. The fourth-order valence-corrected chi connectivity index (χ4v) is 4.05. The van der Waals surface area contributed by atoms with Crippen LogP contribution in [0.15, 0.2) is 30.3 Å². The summed E-state index contributed by atoms with van der Waals surface area (Å²) in [6.45, 7) is 1.68. The number of nitrogens with one attached hydrogen (secondary N) is 1. The maximum absolute atomic E-state index is 12.2. The molecule has 1 amide bonds. The van der Waals surface area contributed by atoms with Crippen LogP contribution in [0.2, 0.25) is 0 Å². The zero-order valence-corrected chi connectivity index (χ0v) is 15.8. The zero-order chi connectivity index (χ0) is 20.3. The van der Waals surface area contributed by atoms with Gasteiger partial charge in [0.1, 0.15) is 10.6 Å². The van der Waals surface area contributed by atoms with E-state index in [1.54, 1.807) is 0 Å². The Morgan fingerprint density at radius 3 is 2.64 bits per heavy atom. The summed E-state index contributed by atoms with van der Waals surface area (Å²) in [7, 11) is 0. The van der Waals surface area contributed by atoms with Gasteiger partial charge in [0.05, 0.1) is 0 Å². The minimum Gasteiger partial charge on any atom is -0.451 e. The summed E-state index contributed by atoms with van der Waals surface area (Å²) in [4.78, 5) is 25.7. The van der Waals surface area contributed by atoms with Crippen molar-refractivity contribution < 1.29 is 32.2 Å². The van der Waals surface area contributed by atoms with Crippen LogP contribution in [-0.4, -0.2) is 24.8 Å². The molecule has 1 heterocycles. The first-order chi connectivity index (χ1) is 13.2. The Morgan fingerprint density at radius 1 is 1.25 bits per heavy atom. The van der Waals surface area contributed by atoms with E-state index in [0.29, 0.717) is 10.8 Å². The van der Waals surface area contributed by atoms with E-state index in [2.05, 4.69) is 17.0 Å². The number of halogens is 3. The molecule has 150 valence electrons. The second-order valence-corrected chi connectivity index (χ2v) is 7.74. The molecule has 1 aliphatic carbocycles. The molecular weight excluding hydrogens is 395 g/mol. The number of aryl methyl sites for hydroxylation is 1. The molecule has 5 nitrogen and oxygen atoms in total. The molecule has 2 aromatic rings. The molecule has 0 unspecified atom stereocenters. The van der Waals surface area contributed by atoms with Crippen LogP contribution in [0, 0.1) is 5.92 Å². The summed E-state index contributed by atoms with van der Waals surface area (Å²) < 4.78 is 45.2. The highest BCUT2D eigenvalue weighted by atomic mass is 32.1. The summed E-state index contributed by atoms with van der Waals surface area (Å²) in [5.74, 6) is -0.957. The van der Waals surface area contributed by atoms with Crippen LogP contribution < -0.4 is 10.1 Å². The SMILES string of the molecule is C[C@@H]1CCc2sc(C(=O)OCC(=O)Nc3ccc(OC(F)(F)F)cc3)cc2C1. The van der Waals surface area contributed by atoms with Gasteiger partial charge in [0.15, 0.2) is 6.61 Å². The number of amides is 1. The van der Waals surface area contributed by atoms with Crippen molar-refractivity contribution in [2.24, 2.45) is 5.92 Å². The van der Waals surface area contributed by atoms with E-state index >= 15 is 0 Å². The van der Waals surface area contributed by atoms with Crippen LogP contribution in [-0.2, 0) is 22.4 Å². The number of hydrogen-bond acceptors (Lipinski definition) is 5. The van der Waals surface area contributed by atoms with Gasteiger partial charge in [-0.3, -0.25) is 4.79 Å². The van der Waals surface area contributed by atoms with Gasteiger partial charge in [-0.05, 0) is 61.1 Å². The molecule has 0 spiro atoms. The zero-order valence-electron chi connectivity index (χ0n) is 15.0. The van der Waals surface area contributed by atoms with E-state index in [0.717, 1.165) is 31.4 Å². The van der Waals surface area contributed by atoms with E-state index in [9.17, 15) is 22.8 Å². The molecule has 0 radical (unpaired) electrons. The first-order valence-electron chi connectivity index (χ1n) is 8.64. The van der Waals surface area contributed by atoms with Gasteiger partial charge in [-0.2, -0.15) is 0 Å². The number of carbonyl (C=O) groups is 2. The number of ether oxygens (including phenoxy) is 2. The van der Waals surface area contributed by atoms with Gasteiger partial charge in [0.25, 0.3) is 5.91 Å². The van der Waals surface area contributed by atoms with Crippen LogP contribution in [0.25, 0.3) is 0 Å². The van der Waals surface area contributed by atoms with Crippen molar-refractivity contribution in [3.8, 4) is 5.75 Å². The fourth-order valence-electron chi connectivity index (χ4n) is 2.95. The van der Waals surface area contributed by atoms with Crippen LogP contribution in [0.4, 0.5) is 18.9 Å². The van der Waals surface area contributed by atoms with Crippen LogP contribution in [0.3, 0.4) is 0 Å². The largest absolute Gasteiger partial charge is 0.573 e. The van der Waals surface area contributed by atoms with E-state index in [1.807, 2.05) is 6.07 Å². The molecule has 1 aromatic heterocycles. The first-order valence-corrected chi connectivity index (χ1v) is 9.45. The van der Waals surface area contributed by atoms with E-state index in [-0.39, 0.29) is 5.69 Å². The van der Waals surface area contributed by atoms with E-state index in [4.69, 9.17) is 4.74 Å². The predicted octanol–water partition coefficient (Wildman–Crippen LogP) is 4.57. The first kappa shape index (κ1) is 20.2. The molecule has 1 aromatic carbocycles. The molecule has 9 heteroatoms. The van der Waals surface area contributed by atoms with Crippen molar-refractivity contribution in [1.82, 2.24) is 0 Å². The molecule has 0 fully saturated rings. The summed E-state index contributed by atoms with van der Waals surface area (Å²) in [6, 6.07) is 6.50. The molecule has 1 aliphatic rings. The third-order valence-electron chi connectivity index (χ3n) is 4.24. The average Bonchev–Trinajstić information content (AvgIpc) is 3.03. The molecule has 0 aliphatic heterocycles. The highest BCUT2D eigenvalue weighted by Gasteiger charge is 2.31. The van der Waals surface area contributed by atoms with Gasteiger partial charge < -0.3 is 14.8 Å². The van der Waals surface area contributed by atoms with E-state index < -0.39 is 30.6 Å². The third kappa shape index (κ3) is 5.48. The van der Waals surface area contributed by atoms with Gasteiger partial charge in [-0.1, -0.05) is 6.92 Å². The van der Waals surface area contributed by atoms with Crippen molar-refractivity contribution in [3.05, 3.63) is 45.6 Å². The van der Waals surface area contributed by atoms with Gasteiger partial charge in [0, 0.05) is 10.6 Å². The molecule has 0 bridgehead atoms. The van der Waals surface area contributed by atoms with Crippen molar-refractivity contribution >= 4 is 28.9 Å². The third-order valence-corrected chi connectivity index (χ3v) is 5.45. The lowest BCUT2D eigenvalue weighted by molar-refractivity contribution is -0.274. The van der Waals surface area contributed by atoms with Crippen LogP contribution in [0.5, 0.6) is 5.75 Å². The number of rotatable bonds is 5. The molecule has 0 saturated carbocycles. The molecular formula is C19H18F3NO4S. The van der Waals surface area contributed by atoms with Gasteiger partial charge in [-0.15, -0.1) is 24.5 Å². The topological polar surface area (TPSA) is 64.6 Å². The summed E-state index contributed by atoms with van der Waals surface area (Å²) >= 11 is 1.40. The lowest BCUT2D eigenvalue weighted by Crippen LogP contribution is -2.20. The molecule has 1 N–H and O–H groups in total. The number of fused-ring (bicyclic) bond motifs is 1. The van der Waals surface area contributed by atoms with E-state index in [1.165, 1.54) is 33.9 Å². The second-order valence-electron chi connectivity index (χ2n) is 6.60. The average molecular weight is 413 g/mol. The lowest BCUT2D eigenvalue weighted by Gasteiger charge is -2.16. The Kier molecular flexibility index (Phi) is 5.93. The Morgan fingerprint density at radius 2 is 1.96 bits per heavy atom. The Labute approximate surface area is 163 Å². The smallest absolute Gasteiger partial charge is 0.451 e. The fraction of sp³-hybridized carbons (Fsp3) is 0.368. The Bertz CT molecular complexity index is 861.